The molecular formula is C11H16ClNO5S. The SMILES string of the molecule is O=C(O)C1CCC(CN2C(=O)C=C(Cl)S2(O)O)CC1. The number of carboxylic acid groups (broad SMARTS) is 1. The summed E-state index contributed by atoms with van der Waals surface area (Å²) < 4.78 is 20.4. The van der Waals surface area contributed by atoms with Crippen molar-refractivity contribution in [1.29, 1.82) is 0 Å². The van der Waals surface area contributed by atoms with Gasteiger partial charge in [0.25, 0.3) is 5.91 Å². The van der Waals surface area contributed by atoms with Crippen molar-refractivity contribution < 1.29 is 23.8 Å². The summed E-state index contributed by atoms with van der Waals surface area (Å²) in [4.78, 5) is 22.5. The molecule has 0 spiro atoms. The minimum absolute atomic E-state index is 0.0849. The number of carbonyl (C=O) groups is 2. The van der Waals surface area contributed by atoms with Gasteiger partial charge in [-0.25, -0.2) is 4.31 Å². The summed E-state index contributed by atoms with van der Waals surface area (Å²) in [7, 11) is -3.35. The van der Waals surface area contributed by atoms with Crippen LogP contribution in [0.5, 0.6) is 0 Å². The van der Waals surface area contributed by atoms with Gasteiger partial charge < -0.3 is 5.11 Å². The van der Waals surface area contributed by atoms with Crippen LogP contribution in [-0.4, -0.2) is 36.9 Å². The van der Waals surface area contributed by atoms with Crippen LogP contribution in [0.3, 0.4) is 0 Å². The Hall–Kier alpha value is -0.760. The van der Waals surface area contributed by atoms with Gasteiger partial charge >= 0.3 is 5.97 Å². The van der Waals surface area contributed by atoms with Crippen molar-refractivity contribution in [3.05, 3.63) is 10.4 Å². The van der Waals surface area contributed by atoms with Gasteiger partial charge in [0.2, 0.25) is 0 Å². The third kappa shape index (κ3) is 2.89. The van der Waals surface area contributed by atoms with E-state index in [0.29, 0.717) is 25.7 Å². The van der Waals surface area contributed by atoms with Gasteiger partial charge in [0, 0.05) is 12.6 Å². The molecule has 108 valence electrons. The topological polar surface area (TPSA) is 98.1 Å². The number of hydrogen-bond acceptors (Lipinski definition) is 4. The van der Waals surface area contributed by atoms with Crippen LogP contribution in [0.15, 0.2) is 10.4 Å². The molecule has 2 rings (SSSR count). The second-order valence-electron chi connectivity index (χ2n) is 4.92. The Bertz CT molecular complexity index is 431. The van der Waals surface area contributed by atoms with E-state index in [1.54, 1.807) is 0 Å². The van der Waals surface area contributed by atoms with Crippen molar-refractivity contribution in [2.45, 2.75) is 25.7 Å². The van der Waals surface area contributed by atoms with Crippen molar-refractivity contribution in [1.82, 2.24) is 4.31 Å². The average molecular weight is 310 g/mol. The van der Waals surface area contributed by atoms with Gasteiger partial charge in [-0.2, -0.15) is 0 Å². The molecule has 0 unspecified atom stereocenters. The summed E-state index contributed by atoms with van der Waals surface area (Å²) in [6, 6.07) is 0. The Kier molecular flexibility index (Phi) is 4.10. The predicted octanol–water partition coefficient (Wildman–Crippen LogP) is 2.47. The molecule has 8 heteroatoms. The monoisotopic (exact) mass is 309 g/mol. The van der Waals surface area contributed by atoms with E-state index in [9.17, 15) is 18.7 Å². The van der Waals surface area contributed by atoms with E-state index < -0.39 is 22.7 Å². The zero-order valence-corrected chi connectivity index (χ0v) is 11.7. The maximum absolute atomic E-state index is 11.6. The summed E-state index contributed by atoms with van der Waals surface area (Å²) in [5.74, 6) is -1.52. The van der Waals surface area contributed by atoms with Crippen molar-refractivity contribution in [3.63, 3.8) is 0 Å². The lowest BCUT2D eigenvalue weighted by atomic mass is 9.82. The molecule has 1 heterocycles. The van der Waals surface area contributed by atoms with Gasteiger partial charge in [-0.1, -0.05) is 22.4 Å². The van der Waals surface area contributed by atoms with Gasteiger partial charge in [0.05, 0.1) is 5.92 Å². The lowest BCUT2D eigenvalue weighted by Gasteiger charge is -2.39. The van der Waals surface area contributed by atoms with E-state index in [4.69, 9.17) is 16.7 Å². The highest BCUT2D eigenvalue weighted by Gasteiger charge is 2.39. The molecule has 0 radical (unpaired) electrons. The lowest BCUT2D eigenvalue weighted by molar-refractivity contribution is -0.143. The zero-order valence-electron chi connectivity index (χ0n) is 10.2. The van der Waals surface area contributed by atoms with Crippen molar-refractivity contribution in [3.8, 4) is 0 Å². The first-order valence-electron chi connectivity index (χ1n) is 6.02. The molecule has 3 N–H and O–H groups in total. The Morgan fingerprint density at radius 2 is 1.95 bits per heavy atom. The molecule has 2 aliphatic rings. The minimum Gasteiger partial charge on any atom is -0.481 e. The maximum Gasteiger partial charge on any atom is 0.306 e. The first-order valence-corrected chi connectivity index (χ1v) is 7.90. The van der Waals surface area contributed by atoms with Gasteiger partial charge in [-0.05, 0) is 31.6 Å². The first kappa shape index (κ1) is 14.6. The van der Waals surface area contributed by atoms with Crippen molar-refractivity contribution >= 4 is 34.3 Å². The fourth-order valence-electron chi connectivity index (χ4n) is 2.50. The number of rotatable bonds is 3. The van der Waals surface area contributed by atoms with Crippen molar-refractivity contribution in [2.24, 2.45) is 11.8 Å². The highest BCUT2D eigenvalue weighted by molar-refractivity contribution is 8.27. The average Bonchev–Trinajstić information content (AvgIpc) is 2.53. The van der Waals surface area contributed by atoms with E-state index >= 15 is 0 Å². The van der Waals surface area contributed by atoms with Crippen LogP contribution in [0.4, 0.5) is 0 Å². The van der Waals surface area contributed by atoms with Gasteiger partial charge in [0.1, 0.15) is 0 Å². The van der Waals surface area contributed by atoms with Crippen LogP contribution in [0.25, 0.3) is 0 Å². The van der Waals surface area contributed by atoms with E-state index in [2.05, 4.69) is 0 Å². The number of amides is 1. The molecule has 1 fully saturated rings. The summed E-state index contributed by atoms with van der Waals surface area (Å²) in [6.07, 6.45) is 3.46. The van der Waals surface area contributed by atoms with E-state index in [-0.39, 0.29) is 22.7 Å². The molecule has 1 amide bonds. The quantitative estimate of drug-likeness (QED) is 0.744. The Balaban J connectivity index is 1.93. The number of aliphatic carboxylic acids is 1. The fourth-order valence-corrected chi connectivity index (χ4v) is 4.03. The lowest BCUT2D eigenvalue weighted by Crippen LogP contribution is -2.35. The molecule has 0 saturated heterocycles. The molecule has 1 aliphatic heterocycles. The van der Waals surface area contributed by atoms with E-state index in [0.717, 1.165) is 10.4 Å². The standard InChI is InChI=1S/C11H16ClNO5S/c12-9-5-10(14)13(19(9,17)18)6-7-1-3-8(4-2-7)11(15)16/h5,7-8,17-18H,1-4,6H2,(H,15,16). The minimum atomic E-state index is -3.35. The number of halogens is 1. The Morgan fingerprint density at radius 3 is 2.37 bits per heavy atom. The third-order valence-corrected chi connectivity index (χ3v) is 5.99. The molecule has 1 aliphatic carbocycles. The van der Waals surface area contributed by atoms with Gasteiger partial charge in [-0.15, -0.1) is 0 Å². The Morgan fingerprint density at radius 1 is 1.37 bits per heavy atom. The van der Waals surface area contributed by atoms with E-state index in [1.807, 2.05) is 0 Å². The zero-order chi connectivity index (χ0) is 14.2. The highest BCUT2D eigenvalue weighted by Crippen LogP contribution is 2.57. The molecule has 19 heavy (non-hydrogen) atoms. The Labute approximate surface area is 117 Å². The molecule has 0 aromatic carbocycles. The van der Waals surface area contributed by atoms with Gasteiger partial charge in [-0.3, -0.25) is 18.7 Å². The molecule has 1 saturated carbocycles. The van der Waals surface area contributed by atoms with Crippen LogP contribution < -0.4 is 0 Å². The normalized spacial score (nSPS) is 32.1. The summed E-state index contributed by atoms with van der Waals surface area (Å²) in [6.45, 7) is 0.209. The van der Waals surface area contributed by atoms with Crippen LogP contribution in [-0.2, 0) is 9.59 Å². The second kappa shape index (κ2) is 5.32. The molecule has 0 aromatic rings. The first-order chi connectivity index (χ1) is 8.82. The number of carbonyl (C=O) groups excluding carboxylic acids is 1. The molecule has 0 bridgehead atoms. The number of nitrogens with zero attached hydrogens (tertiary/aromatic N) is 1. The molecule has 0 atom stereocenters. The molecular weight excluding hydrogens is 294 g/mol. The second-order valence-corrected chi connectivity index (χ2v) is 7.47. The third-order valence-electron chi connectivity index (χ3n) is 3.67. The number of carboxylic acids is 1. The molecule has 6 nitrogen and oxygen atoms in total. The smallest absolute Gasteiger partial charge is 0.306 e. The number of hydrogen-bond donors (Lipinski definition) is 3. The fraction of sp³-hybridized carbons (Fsp3) is 0.636. The highest BCUT2D eigenvalue weighted by atomic mass is 35.5. The van der Waals surface area contributed by atoms with Crippen molar-refractivity contribution in [2.75, 3.05) is 6.54 Å². The van der Waals surface area contributed by atoms with Crippen LogP contribution in [0, 0.1) is 11.8 Å². The van der Waals surface area contributed by atoms with Crippen LogP contribution >= 0.6 is 22.4 Å². The predicted molar refractivity (Wildman–Crippen MR) is 71.6 cm³/mol. The summed E-state index contributed by atoms with van der Waals surface area (Å²) in [5, 5.41) is 8.90. The van der Waals surface area contributed by atoms with Crippen LogP contribution in [0.1, 0.15) is 25.7 Å². The van der Waals surface area contributed by atoms with Crippen LogP contribution in [0.2, 0.25) is 0 Å². The summed E-state index contributed by atoms with van der Waals surface area (Å²) in [5.41, 5.74) is 0. The maximum atomic E-state index is 11.6. The molecule has 0 aromatic heterocycles. The van der Waals surface area contributed by atoms with Gasteiger partial charge in [0.15, 0.2) is 4.36 Å². The summed E-state index contributed by atoms with van der Waals surface area (Å²) >= 11 is 5.63. The largest absolute Gasteiger partial charge is 0.481 e. The van der Waals surface area contributed by atoms with E-state index in [1.165, 1.54) is 0 Å².